The normalized spacial score (nSPS) is 14.2. The van der Waals surface area contributed by atoms with Gasteiger partial charge in [-0.15, -0.1) is 0 Å². The predicted octanol–water partition coefficient (Wildman–Crippen LogP) is 8.70. The van der Waals surface area contributed by atoms with E-state index in [1.807, 2.05) is 6.08 Å². The average Bonchev–Trinajstić information content (AvgIpc) is 2.94. The van der Waals surface area contributed by atoms with E-state index in [0.29, 0.717) is 6.42 Å². The lowest BCUT2D eigenvalue weighted by Crippen LogP contribution is -2.45. The summed E-state index contributed by atoms with van der Waals surface area (Å²) in [5.41, 5.74) is 0. The summed E-state index contributed by atoms with van der Waals surface area (Å²) in [6.45, 7) is 4.16. The first-order valence-corrected chi connectivity index (χ1v) is 17.1. The van der Waals surface area contributed by atoms with Crippen LogP contribution in [0.1, 0.15) is 168 Å². The highest BCUT2D eigenvalue weighted by Gasteiger charge is 2.20. The number of allylic oxidation sites excluding steroid dienone is 3. The number of hydrogen-bond donors (Lipinski definition) is 4. The monoisotopic (exact) mass is 566 g/mol. The number of nitrogens with one attached hydrogen (secondary N) is 1. The van der Waals surface area contributed by atoms with Crippen LogP contribution in [0.4, 0.5) is 0 Å². The fraction of sp³-hybridized carbons (Fsp3) is 0.857. The third-order valence-electron chi connectivity index (χ3n) is 7.73. The van der Waals surface area contributed by atoms with Crippen molar-refractivity contribution >= 4 is 5.91 Å². The lowest BCUT2D eigenvalue weighted by atomic mass is 10.0. The van der Waals surface area contributed by atoms with Crippen LogP contribution in [0.25, 0.3) is 0 Å². The molecule has 0 aromatic heterocycles. The van der Waals surface area contributed by atoms with Crippen molar-refractivity contribution in [3.8, 4) is 0 Å². The summed E-state index contributed by atoms with van der Waals surface area (Å²) in [6, 6.07) is -0.742. The van der Waals surface area contributed by atoms with E-state index in [0.717, 1.165) is 38.5 Å². The van der Waals surface area contributed by atoms with Crippen LogP contribution in [-0.4, -0.2) is 46.1 Å². The van der Waals surface area contributed by atoms with Gasteiger partial charge in [-0.05, 0) is 44.9 Å². The number of unbranched alkanes of at least 4 members (excludes halogenated alkanes) is 19. The zero-order chi connectivity index (χ0) is 29.5. The molecule has 0 heterocycles. The molecule has 0 rings (SSSR count). The molecule has 3 unspecified atom stereocenters. The Hall–Kier alpha value is -1.17. The fourth-order valence-corrected chi connectivity index (χ4v) is 5.04. The third-order valence-corrected chi connectivity index (χ3v) is 7.73. The molecule has 0 spiro atoms. The molecule has 3 atom stereocenters. The van der Waals surface area contributed by atoms with Gasteiger partial charge >= 0.3 is 0 Å². The van der Waals surface area contributed by atoms with Crippen LogP contribution in [0.5, 0.6) is 0 Å². The van der Waals surface area contributed by atoms with E-state index in [4.69, 9.17) is 0 Å². The Labute approximate surface area is 248 Å². The molecule has 1 amide bonds. The minimum Gasteiger partial charge on any atom is -0.394 e. The molecule has 0 aromatic rings. The number of aliphatic hydroxyl groups excluding tert-OH is 3. The Balaban J connectivity index is 3.79. The largest absolute Gasteiger partial charge is 0.394 e. The number of amides is 1. The first-order chi connectivity index (χ1) is 19.5. The minimum atomic E-state index is -0.926. The molecule has 0 saturated carbocycles. The van der Waals surface area contributed by atoms with Crippen molar-refractivity contribution in [3.05, 3.63) is 24.3 Å². The van der Waals surface area contributed by atoms with E-state index in [1.54, 1.807) is 6.08 Å². The Morgan fingerprint density at radius 3 is 1.55 bits per heavy atom. The van der Waals surface area contributed by atoms with E-state index < -0.39 is 18.2 Å². The van der Waals surface area contributed by atoms with E-state index in [-0.39, 0.29) is 18.9 Å². The zero-order valence-electron chi connectivity index (χ0n) is 26.5. The Morgan fingerprint density at radius 1 is 0.625 bits per heavy atom. The van der Waals surface area contributed by atoms with Gasteiger partial charge in [-0.3, -0.25) is 4.79 Å². The maximum absolute atomic E-state index is 12.3. The summed E-state index contributed by atoms with van der Waals surface area (Å²) in [6.07, 6.45) is 34.3. The lowest BCUT2D eigenvalue weighted by Gasteiger charge is -2.21. The van der Waals surface area contributed by atoms with Crippen LogP contribution in [0, 0.1) is 0 Å². The van der Waals surface area contributed by atoms with Crippen LogP contribution >= 0.6 is 0 Å². The molecule has 40 heavy (non-hydrogen) atoms. The summed E-state index contributed by atoms with van der Waals surface area (Å²) >= 11 is 0. The van der Waals surface area contributed by atoms with Crippen molar-refractivity contribution in [1.29, 1.82) is 0 Å². The summed E-state index contributed by atoms with van der Waals surface area (Å²) in [4.78, 5) is 12.3. The minimum absolute atomic E-state index is 0.00852. The van der Waals surface area contributed by atoms with E-state index in [9.17, 15) is 20.1 Å². The predicted molar refractivity (Wildman–Crippen MR) is 171 cm³/mol. The van der Waals surface area contributed by atoms with Gasteiger partial charge in [-0.25, -0.2) is 0 Å². The maximum Gasteiger partial charge on any atom is 0.222 e. The number of aliphatic hydroxyl groups is 3. The number of hydrogen-bond acceptors (Lipinski definition) is 4. The van der Waals surface area contributed by atoms with Crippen molar-refractivity contribution in [2.24, 2.45) is 0 Å². The van der Waals surface area contributed by atoms with Crippen molar-refractivity contribution in [2.75, 3.05) is 6.61 Å². The topological polar surface area (TPSA) is 89.8 Å². The van der Waals surface area contributed by atoms with Crippen LogP contribution < -0.4 is 5.32 Å². The maximum atomic E-state index is 12.3. The molecular formula is C35H67NO4. The van der Waals surface area contributed by atoms with Crippen molar-refractivity contribution < 1.29 is 20.1 Å². The highest BCUT2D eigenvalue weighted by atomic mass is 16.3. The van der Waals surface area contributed by atoms with Gasteiger partial charge in [0.05, 0.1) is 31.3 Å². The molecule has 0 saturated heterocycles. The van der Waals surface area contributed by atoms with Crippen LogP contribution in [0.15, 0.2) is 24.3 Å². The van der Waals surface area contributed by atoms with Crippen molar-refractivity contribution in [3.63, 3.8) is 0 Å². The number of rotatable bonds is 30. The smallest absolute Gasteiger partial charge is 0.222 e. The van der Waals surface area contributed by atoms with Gasteiger partial charge < -0.3 is 20.6 Å². The third kappa shape index (κ3) is 27.0. The number of carbonyl (C=O) groups is 1. The van der Waals surface area contributed by atoms with E-state index >= 15 is 0 Å². The molecule has 0 aromatic carbocycles. The molecule has 236 valence electrons. The second-order valence-electron chi connectivity index (χ2n) is 11.8. The first-order valence-electron chi connectivity index (χ1n) is 17.1. The number of carbonyl (C=O) groups excluding carboxylic acids is 1. The average molecular weight is 566 g/mol. The zero-order valence-corrected chi connectivity index (χ0v) is 26.5. The van der Waals surface area contributed by atoms with Crippen LogP contribution in [0.2, 0.25) is 0 Å². The molecule has 0 bridgehead atoms. The van der Waals surface area contributed by atoms with Crippen molar-refractivity contribution in [1.82, 2.24) is 5.32 Å². The molecule has 0 aliphatic rings. The van der Waals surface area contributed by atoms with Gasteiger partial charge in [0, 0.05) is 0 Å². The molecule has 0 radical (unpaired) electrons. The molecular weight excluding hydrogens is 498 g/mol. The SMILES string of the molecule is CCCCCC/C=C\CCCCCCCC(O)CC(=O)NC(CO)C(O)/C=C/CCCCCCCCCCCC. The second kappa shape index (κ2) is 30.8. The standard InChI is InChI=1S/C35H67NO4/c1-3-5-7-9-11-13-15-17-18-20-22-24-26-28-32(38)30-35(40)36-33(31-37)34(39)29-27-25-23-21-19-16-14-12-10-8-6-4-2/h13,15,27,29,32-34,37-39H,3-12,14,16-26,28,30-31H2,1-2H3,(H,36,40)/b15-13-,29-27+. The Morgan fingerprint density at radius 2 is 1.05 bits per heavy atom. The molecule has 5 heteroatoms. The Bertz CT molecular complexity index is 592. The highest BCUT2D eigenvalue weighted by Crippen LogP contribution is 2.13. The van der Waals surface area contributed by atoms with Gasteiger partial charge in [0.25, 0.3) is 0 Å². The highest BCUT2D eigenvalue weighted by molar-refractivity contribution is 5.76. The summed E-state index contributed by atoms with van der Waals surface area (Å²) in [5.74, 6) is -0.324. The molecule has 0 aliphatic heterocycles. The van der Waals surface area contributed by atoms with Crippen LogP contribution in [0.3, 0.4) is 0 Å². The lowest BCUT2D eigenvalue weighted by molar-refractivity contribution is -0.124. The molecule has 4 N–H and O–H groups in total. The molecule has 5 nitrogen and oxygen atoms in total. The van der Waals surface area contributed by atoms with E-state index in [2.05, 4.69) is 31.3 Å². The van der Waals surface area contributed by atoms with Gasteiger partial charge in [0.1, 0.15) is 0 Å². The Kier molecular flexibility index (Phi) is 29.9. The van der Waals surface area contributed by atoms with E-state index in [1.165, 1.54) is 103 Å². The molecule has 0 aliphatic carbocycles. The van der Waals surface area contributed by atoms with Gasteiger partial charge in [-0.2, -0.15) is 0 Å². The van der Waals surface area contributed by atoms with Gasteiger partial charge in [0.15, 0.2) is 0 Å². The fourth-order valence-electron chi connectivity index (χ4n) is 5.04. The summed E-state index contributed by atoms with van der Waals surface area (Å²) < 4.78 is 0. The second-order valence-corrected chi connectivity index (χ2v) is 11.8. The van der Waals surface area contributed by atoms with Crippen molar-refractivity contribution in [2.45, 2.75) is 186 Å². The van der Waals surface area contributed by atoms with Gasteiger partial charge in [-0.1, -0.05) is 141 Å². The van der Waals surface area contributed by atoms with Crippen LogP contribution in [-0.2, 0) is 4.79 Å². The summed E-state index contributed by atoms with van der Waals surface area (Å²) in [7, 11) is 0. The first kappa shape index (κ1) is 38.8. The summed E-state index contributed by atoms with van der Waals surface area (Å²) in [5, 5.41) is 32.9. The van der Waals surface area contributed by atoms with Gasteiger partial charge in [0.2, 0.25) is 5.91 Å². The quantitative estimate of drug-likeness (QED) is 0.0518. The molecule has 0 fully saturated rings.